The van der Waals surface area contributed by atoms with Crippen molar-refractivity contribution < 1.29 is 0 Å². The number of halogens is 2. The molecule has 3 N–H and O–H groups in total. The van der Waals surface area contributed by atoms with E-state index in [1.807, 2.05) is 0 Å². The van der Waals surface area contributed by atoms with Gasteiger partial charge in [0, 0.05) is 26.2 Å². The zero-order valence-corrected chi connectivity index (χ0v) is 18.4. The Hall–Kier alpha value is -2.29. The summed E-state index contributed by atoms with van der Waals surface area (Å²) in [5.74, 6) is 0.574. The van der Waals surface area contributed by atoms with Crippen molar-refractivity contribution in [2.75, 3.05) is 5.32 Å². The highest BCUT2D eigenvalue weighted by Gasteiger charge is 2.23. The smallest absolute Gasteiger partial charge is 0.332 e. The van der Waals surface area contributed by atoms with E-state index in [1.54, 1.807) is 36.9 Å². The van der Waals surface area contributed by atoms with Gasteiger partial charge in [-0.25, -0.2) is 4.79 Å². The number of hydrogen-bond donors (Lipinski definition) is 2. The van der Waals surface area contributed by atoms with Crippen molar-refractivity contribution in [1.82, 2.24) is 18.7 Å². The van der Waals surface area contributed by atoms with Crippen LogP contribution in [0.2, 0.25) is 10.0 Å². The molecule has 160 valence electrons. The summed E-state index contributed by atoms with van der Waals surface area (Å²) in [6.07, 6.45) is 3.81. The highest BCUT2D eigenvalue weighted by Crippen LogP contribution is 2.24. The lowest BCUT2D eigenvalue weighted by Gasteiger charge is -2.27. The number of benzene rings is 1. The molecular formula is C20H24Cl2N6O2. The van der Waals surface area contributed by atoms with Crippen molar-refractivity contribution in [2.45, 2.75) is 44.3 Å². The molecule has 0 spiro atoms. The van der Waals surface area contributed by atoms with Crippen LogP contribution < -0.4 is 22.3 Å². The standard InChI is InChI=1S/C20H24Cl2N6O2/c1-26-16-17(25-19(26)24-13-6-4-12(23)5-7-13)27(2)20(30)28(18(16)29)10-11-3-8-14(21)15(22)9-11/h3,8-9,12-13H,4-7,10,23H2,1-2H3,(H,24,25)/t12-,13-. The fourth-order valence-electron chi connectivity index (χ4n) is 3.98. The molecule has 10 heteroatoms. The molecule has 1 aliphatic carbocycles. The molecule has 1 saturated carbocycles. The molecule has 2 heterocycles. The number of aryl methyl sites for hydroxylation is 2. The van der Waals surface area contributed by atoms with Gasteiger partial charge in [0.2, 0.25) is 5.95 Å². The van der Waals surface area contributed by atoms with Crippen molar-refractivity contribution in [3.8, 4) is 0 Å². The van der Waals surface area contributed by atoms with Crippen molar-refractivity contribution in [2.24, 2.45) is 19.8 Å². The largest absolute Gasteiger partial charge is 0.353 e. The van der Waals surface area contributed by atoms with Gasteiger partial charge in [0.25, 0.3) is 5.56 Å². The number of nitrogens with zero attached hydrogens (tertiary/aromatic N) is 4. The molecule has 8 nitrogen and oxygen atoms in total. The van der Waals surface area contributed by atoms with Crippen LogP contribution in [-0.4, -0.2) is 30.8 Å². The number of aromatic nitrogens is 4. The van der Waals surface area contributed by atoms with Gasteiger partial charge in [0.1, 0.15) is 0 Å². The van der Waals surface area contributed by atoms with E-state index in [1.165, 1.54) is 9.13 Å². The van der Waals surface area contributed by atoms with Crippen LogP contribution in [0.25, 0.3) is 11.2 Å². The lowest BCUT2D eigenvalue weighted by atomic mass is 9.92. The van der Waals surface area contributed by atoms with Gasteiger partial charge in [-0.05, 0) is 43.4 Å². The maximum Gasteiger partial charge on any atom is 0.332 e. The minimum Gasteiger partial charge on any atom is -0.353 e. The first kappa shape index (κ1) is 21.0. The maximum atomic E-state index is 13.2. The van der Waals surface area contributed by atoms with E-state index in [2.05, 4.69) is 10.3 Å². The Labute approximate surface area is 183 Å². The summed E-state index contributed by atoms with van der Waals surface area (Å²) in [5, 5.41) is 4.21. The summed E-state index contributed by atoms with van der Waals surface area (Å²) < 4.78 is 4.31. The highest BCUT2D eigenvalue weighted by molar-refractivity contribution is 6.42. The van der Waals surface area contributed by atoms with Crippen molar-refractivity contribution in [3.63, 3.8) is 0 Å². The number of fused-ring (bicyclic) bond motifs is 1. The summed E-state index contributed by atoms with van der Waals surface area (Å²) >= 11 is 12.1. The van der Waals surface area contributed by atoms with E-state index in [0.29, 0.717) is 32.7 Å². The van der Waals surface area contributed by atoms with Crippen LogP contribution in [0.5, 0.6) is 0 Å². The van der Waals surface area contributed by atoms with E-state index in [0.717, 1.165) is 25.7 Å². The first-order chi connectivity index (χ1) is 14.3. The third-order valence-electron chi connectivity index (χ3n) is 5.79. The topological polar surface area (TPSA) is 99.9 Å². The highest BCUT2D eigenvalue weighted by atomic mass is 35.5. The SMILES string of the molecule is Cn1c(N[C@H]2CC[C@H](N)CC2)nc2c1c(=O)n(Cc1ccc(Cl)c(Cl)c1)c(=O)n2C. The fourth-order valence-corrected chi connectivity index (χ4v) is 4.30. The van der Waals surface area contributed by atoms with Crippen molar-refractivity contribution in [3.05, 3.63) is 54.6 Å². The van der Waals surface area contributed by atoms with Gasteiger partial charge >= 0.3 is 5.69 Å². The molecule has 2 aromatic heterocycles. The number of anilines is 1. The van der Waals surface area contributed by atoms with Gasteiger partial charge in [-0.1, -0.05) is 29.3 Å². The quantitative estimate of drug-likeness (QED) is 0.635. The Balaban J connectivity index is 1.74. The zero-order valence-electron chi connectivity index (χ0n) is 16.9. The van der Waals surface area contributed by atoms with Gasteiger partial charge in [-0.15, -0.1) is 0 Å². The maximum absolute atomic E-state index is 13.2. The minimum absolute atomic E-state index is 0.0901. The Morgan fingerprint density at radius 3 is 2.47 bits per heavy atom. The van der Waals surface area contributed by atoms with Crippen molar-refractivity contribution in [1.29, 1.82) is 0 Å². The van der Waals surface area contributed by atoms with E-state index in [9.17, 15) is 9.59 Å². The van der Waals surface area contributed by atoms with Crippen molar-refractivity contribution >= 4 is 40.3 Å². The third-order valence-corrected chi connectivity index (χ3v) is 6.53. The molecule has 1 aromatic carbocycles. The number of nitrogens with one attached hydrogen (secondary N) is 1. The van der Waals surface area contributed by atoms with E-state index in [-0.39, 0.29) is 18.6 Å². The van der Waals surface area contributed by atoms with Crippen LogP contribution in [0.3, 0.4) is 0 Å². The molecule has 3 aromatic rings. The molecule has 0 aliphatic heterocycles. The minimum atomic E-state index is -0.438. The molecule has 0 bridgehead atoms. The van der Waals surface area contributed by atoms with Gasteiger partial charge in [-0.3, -0.25) is 13.9 Å². The lowest BCUT2D eigenvalue weighted by molar-refractivity contribution is 0.409. The molecule has 1 aliphatic rings. The van der Waals surface area contributed by atoms with Gasteiger partial charge < -0.3 is 15.6 Å². The second-order valence-electron chi connectivity index (χ2n) is 7.90. The molecule has 0 radical (unpaired) electrons. The molecule has 1 fully saturated rings. The van der Waals surface area contributed by atoms with Crippen LogP contribution >= 0.6 is 23.2 Å². The monoisotopic (exact) mass is 450 g/mol. The van der Waals surface area contributed by atoms with Crippen LogP contribution in [0, 0.1) is 0 Å². The molecule has 0 unspecified atom stereocenters. The zero-order chi connectivity index (χ0) is 21.6. The van der Waals surface area contributed by atoms with Gasteiger partial charge in [0.05, 0.1) is 16.6 Å². The Morgan fingerprint density at radius 1 is 1.10 bits per heavy atom. The summed E-state index contributed by atoms with van der Waals surface area (Å²) in [6, 6.07) is 5.54. The lowest BCUT2D eigenvalue weighted by Crippen LogP contribution is -2.39. The van der Waals surface area contributed by atoms with Crippen LogP contribution in [0.15, 0.2) is 27.8 Å². The Kier molecular flexibility index (Phi) is 5.65. The van der Waals surface area contributed by atoms with E-state index < -0.39 is 11.2 Å². The van der Waals surface area contributed by atoms with Crippen LogP contribution in [-0.2, 0) is 20.6 Å². The normalized spacial score (nSPS) is 19.4. The molecular weight excluding hydrogens is 427 g/mol. The van der Waals surface area contributed by atoms with Gasteiger partial charge in [0.15, 0.2) is 11.2 Å². The third kappa shape index (κ3) is 3.75. The number of rotatable bonds is 4. The summed E-state index contributed by atoms with van der Waals surface area (Å²) in [5.41, 5.74) is 6.59. The second kappa shape index (κ2) is 8.09. The first-order valence-electron chi connectivity index (χ1n) is 9.88. The van der Waals surface area contributed by atoms with Crippen LogP contribution in [0.1, 0.15) is 31.2 Å². The summed E-state index contributed by atoms with van der Waals surface area (Å²) in [4.78, 5) is 30.7. The molecule has 0 atom stereocenters. The summed E-state index contributed by atoms with van der Waals surface area (Å²) in [7, 11) is 3.40. The number of imidazole rings is 1. The Bertz CT molecular complexity index is 1220. The van der Waals surface area contributed by atoms with E-state index >= 15 is 0 Å². The fraction of sp³-hybridized carbons (Fsp3) is 0.450. The van der Waals surface area contributed by atoms with Crippen LogP contribution in [0.4, 0.5) is 5.95 Å². The molecule has 30 heavy (non-hydrogen) atoms. The molecule has 0 saturated heterocycles. The number of nitrogens with two attached hydrogens (primary N) is 1. The second-order valence-corrected chi connectivity index (χ2v) is 8.72. The molecule has 4 rings (SSSR count). The first-order valence-corrected chi connectivity index (χ1v) is 10.6. The average Bonchev–Trinajstić information content (AvgIpc) is 3.04. The predicted molar refractivity (Wildman–Crippen MR) is 120 cm³/mol. The average molecular weight is 451 g/mol. The Morgan fingerprint density at radius 2 is 1.80 bits per heavy atom. The predicted octanol–water partition coefficient (Wildman–Crippen LogP) is 2.47. The number of hydrogen-bond acceptors (Lipinski definition) is 5. The molecule has 0 amide bonds. The van der Waals surface area contributed by atoms with E-state index in [4.69, 9.17) is 28.9 Å². The van der Waals surface area contributed by atoms with Gasteiger partial charge in [-0.2, -0.15) is 4.98 Å². The summed E-state index contributed by atoms with van der Waals surface area (Å²) in [6.45, 7) is 0.0901.